The summed E-state index contributed by atoms with van der Waals surface area (Å²) in [5.41, 5.74) is 0.727. The van der Waals surface area contributed by atoms with Gasteiger partial charge in [-0.05, 0) is 37.5 Å². The minimum atomic E-state index is -3.53. The molecule has 1 aliphatic carbocycles. The van der Waals surface area contributed by atoms with Gasteiger partial charge in [-0.3, -0.25) is 0 Å². The smallest absolute Gasteiger partial charge is 0.243 e. The van der Waals surface area contributed by atoms with Crippen LogP contribution < -0.4 is 0 Å². The number of aliphatic hydroxyl groups is 1. The lowest BCUT2D eigenvalue weighted by atomic mass is 9.93. The van der Waals surface area contributed by atoms with E-state index in [0.717, 1.165) is 29.3 Å². The second-order valence-corrected chi connectivity index (χ2v) is 7.61. The summed E-state index contributed by atoms with van der Waals surface area (Å²) in [4.78, 5) is 0.322. The second-order valence-electron chi connectivity index (χ2n) is 4.83. The van der Waals surface area contributed by atoms with Crippen LogP contribution in [0.4, 0.5) is 0 Å². The van der Waals surface area contributed by atoms with Crippen LogP contribution in [-0.4, -0.2) is 37.0 Å². The first-order valence-corrected chi connectivity index (χ1v) is 8.59. The normalized spacial score (nSPS) is 16.6. The highest BCUT2D eigenvalue weighted by atomic mass is 79.9. The molecule has 1 aromatic carbocycles. The molecule has 0 amide bonds. The third kappa shape index (κ3) is 3.02. The average Bonchev–Trinajstić information content (AvgIpc) is 2.29. The Morgan fingerprint density at radius 1 is 1.42 bits per heavy atom. The number of aryl methyl sites for hydroxylation is 1. The Bertz CT molecular complexity index is 555. The van der Waals surface area contributed by atoms with Crippen molar-refractivity contribution in [1.29, 1.82) is 0 Å². The summed E-state index contributed by atoms with van der Waals surface area (Å²) in [7, 11) is -3.53. The van der Waals surface area contributed by atoms with Crippen molar-refractivity contribution in [2.75, 3.05) is 13.2 Å². The maximum absolute atomic E-state index is 12.7. The van der Waals surface area contributed by atoms with E-state index in [1.165, 1.54) is 4.31 Å². The summed E-state index contributed by atoms with van der Waals surface area (Å²) in [5.74, 6) is 0. The molecule has 0 spiro atoms. The SMILES string of the molecule is Cc1ccc(Br)cc1S(=O)(=O)N(CCO)C1CCC1. The zero-order valence-electron chi connectivity index (χ0n) is 10.8. The number of nitrogens with zero attached hydrogens (tertiary/aromatic N) is 1. The van der Waals surface area contributed by atoms with Crippen LogP contribution in [0.2, 0.25) is 0 Å². The zero-order chi connectivity index (χ0) is 14.0. The van der Waals surface area contributed by atoms with E-state index in [-0.39, 0.29) is 19.2 Å². The van der Waals surface area contributed by atoms with E-state index in [9.17, 15) is 8.42 Å². The lowest BCUT2D eigenvalue weighted by Gasteiger charge is -2.36. The molecule has 1 aromatic rings. The standard InChI is InChI=1S/C13H18BrNO3S/c1-10-5-6-11(14)9-13(10)19(17,18)15(7-8-16)12-3-2-4-12/h5-6,9,12,16H,2-4,7-8H2,1H3. The van der Waals surface area contributed by atoms with Gasteiger partial charge in [-0.15, -0.1) is 0 Å². The summed E-state index contributed by atoms with van der Waals surface area (Å²) >= 11 is 3.31. The molecular formula is C13H18BrNO3S. The number of benzene rings is 1. The molecule has 1 aliphatic rings. The molecule has 0 bridgehead atoms. The van der Waals surface area contributed by atoms with Gasteiger partial charge < -0.3 is 5.11 Å². The predicted molar refractivity (Wildman–Crippen MR) is 77.5 cm³/mol. The second kappa shape index (κ2) is 5.91. The Balaban J connectivity index is 2.40. The van der Waals surface area contributed by atoms with Gasteiger partial charge in [0, 0.05) is 17.1 Å². The number of aliphatic hydroxyl groups excluding tert-OH is 1. The molecule has 0 radical (unpaired) electrons. The van der Waals surface area contributed by atoms with Crippen LogP contribution >= 0.6 is 15.9 Å². The van der Waals surface area contributed by atoms with E-state index >= 15 is 0 Å². The lowest BCUT2D eigenvalue weighted by Crippen LogP contribution is -2.45. The van der Waals surface area contributed by atoms with Gasteiger partial charge >= 0.3 is 0 Å². The summed E-state index contributed by atoms with van der Waals surface area (Å²) in [6.07, 6.45) is 2.82. The first-order valence-electron chi connectivity index (χ1n) is 6.35. The highest BCUT2D eigenvalue weighted by Crippen LogP contribution is 2.31. The molecule has 0 aromatic heterocycles. The van der Waals surface area contributed by atoms with Crippen molar-refractivity contribution in [3.8, 4) is 0 Å². The van der Waals surface area contributed by atoms with E-state index in [1.807, 2.05) is 6.07 Å². The number of halogens is 1. The molecule has 0 heterocycles. The predicted octanol–water partition coefficient (Wildman–Crippen LogP) is 2.29. The molecule has 1 saturated carbocycles. The van der Waals surface area contributed by atoms with Crippen molar-refractivity contribution in [3.63, 3.8) is 0 Å². The number of hydrogen-bond donors (Lipinski definition) is 1. The Labute approximate surface area is 122 Å². The molecular weight excluding hydrogens is 330 g/mol. The summed E-state index contributed by atoms with van der Waals surface area (Å²) < 4.78 is 27.6. The monoisotopic (exact) mass is 347 g/mol. The summed E-state index contributed by atoms with van der Waals surface area (Å²) in [6, 6.07) is 5.28. The summed E-state index contributed by atoms with van der Waals surface area (Å²) in [6.45, 7) is 1.80. The van der Waals surface area contributed by atoms with E-state index in [1.54, 1.807) is 19.1 Å². The fourth-order valence-corrected chi connectivity index (χ4v) is 4.69. The molecule has 2 rings (SSSR count). The first kappa shape index (κ1) is 15.0. The van der Waals surface area contributed by atoms with Crippen LogP contribution in [0.25, 0.3) is 0 Å². The Morgan fingerprint density at radius 2 is 2.11 bits per heavy atom. The molecule has 0 atom stereocenters. The van der Waals surface area contributed by atoms with Gasteiger partial charge in [0.25, 0.3) is 0 Å². The molecule has 0 aliphatic heterocycles. The van der Waals surface area contributed by atoms with Gasteiger partial charge in [0.2, 0.25) is 10.0 Å². The van der Waals surface area contributed by atoms with Crippen molar-refractivity contribution >= 4 is 26.0 Å². The van der Waals surface area contributed by atoms with Crippen molar-refractivity contribution in [3.05, 3.63) is 28.2 Å². The maximum Gasteiger partial charge on any atom is 0.243 e. The van der Waals surface area contributed by atoms with Crippen molar-refractivity contribution in [1.82, 2.24) is 4.31 Å². The number of rotatable bonds is 5. The molecule has 6 heteroatoms. The molecule has 106 valence electrons. The minimum Gasteiger partial charge on any atom is -0.395 e. The van der Waals surface area contributed by atoms with E-state index < -0.39 is 10.0 Å². The van der Waals surface area contributed by atoms with Crippen molar-refractivity contribution < 1.29 is 13.5 Å². The van der Waals surface area contributed by atoms with Crippen LogP contribution in [0.5, 0.6) is 0 Å². The quantitative estimate of drug-likeness (QED) is 0.888. The fourth-order valence-electron chi connectivity index (χ4n) is 2.25. The van der Waals surface area contributed by atoms with E-state index in [2.05, 4.69) is 15.9 Å². The van der Waals surface area contributed by atoms with Crippen molar-refractivity contribution in [2.45, 2.75) is 37.1 Å². The van der Waals surface area contributed by atoms with E-state index in [4.69, 9.17) is 5.11 Å². The van der Waals surface area contributed by atoms with Crippen molar-refractivity contribution in [2.24, 2.45) is 0 Å². The van der Waals surface area contributed by atoms with Crippen LogP contribution in [-0.2, 0) is 10.0 Å². The van der Waals surface area contributed by atoms with Gasteiger partial charge in [0.1, 0.15) is 0 Å². The van der Waals surface area contributed by atoms with Gasteiger partial charge in [0.15, 0.2) is 0 Å². The number of sulfonamides is 1. The third-order valence-corrected chi connectivity index (χ3v) is 6.13. The van der Waals surface area contributed by atoms with E-state index in [0.29, 0.717) is 4.90 Å². The summed E-state index contributed by atoms with van der Waals surface area (Å²) in [5, 5.41) is 9.12. The highest BCUT2D eigenvalue weighted by Gasteiger charge is 2.35. The van der Waals surface area contributed by atoms with Gasteiger partial charge in [0.05, 0.1) is 11.5 Å². The van der Waals surface area contributed by atoms with Crippen LogP contribution in [0, 0.1) is 6.92 Å². The van der Waals surface area contributed by atoms with Crippen LogP contribution in [0.1, 0.15) is 24.8 Å². The molecule has 0 saturated heterocycles. The largest absolute Gasteiger partial charge is 0.395 e. The number of hydrogen-bond acceptors (Lipinski definition) is 3. The highest BCUT2D eigenvalue weighted by molar-refractivity contribution is 9.10. The fraction of sp³-hybridized carbons (Fsp3) is 0.538. The Kier molecular flexibility index (Phi) is 4.66. The van der Waals surface area contributed by atoms with Gasteiger partial charge in [-0.1, -0.05) is 28.4 Å². The van der Waals surface area contributed by atoms with Crippen LogP contribution in [0.15, 0.2) is 27.6 Å². The molecule has 19 heavy (non-hydrogen) atoms. The molecule has 1 fully saturated rings. The third-order valence-electron chi connectivity index (χ3n) is 3.54. The lowest BCUT2D eigenvalue weighted by molar-refractivity contribution is 0.178. The Morgan fingerprint density at radius 3 is 2.63 bits per heavy atom. The van der Waals surface area contributed by atoms with Gasteiger partial charge in [-0.2, -0.15) is 4.31 Å². The average molecular weight is 348 g/mol. The topological polar surface area (TPSA) is 57.6 Å². The molecule has 4 nitrogen and oxygen atoms in total. The minimum absolute atomic E-state index is 0.0375. The first-order chi connectivity index (χ1) is 8.96. The maximum atomic E-state index is 12.7. The van der Waals surface area contributed by atoms with Crippen LogP contribution in [0.3, 0.4) is 0 Å². The van der Waals surface area contributed by atoms with Gasteiger partial charge in [-0.25, -0.2) is 8.42 Å². The zero-order valence-corrected chi connectivity index (χ0v) is 13.2. The molecule has 0 unspecified atom stereocenters. The molecule has 1 N–H and O–H groups in total. The Hall–Kier alpha value is -0.430.